The van der Waals surface area contributed by atoms with E-state index in [4.69, 9.17) is 4.74 Å². The monoisotopic (exact) mass is 446 g/mol. The Morgan fingerprint density at radius 2 is 1.91 bits per heavy atom. The third-order valence-corrected chi connectivity index (χ3v) is 6.41. The van der Waals surface area contributed by atoms with Gasteiger partial charge in [-0.3, -0.25) is 0 Å². The zero-order chi connectivity index (χ0) is 22.3. The Kier molecular flexibility index (Phi) is 5.13. The van der Waals surface area contributed by atoms with Gasteiger partial charge in [0, 0.05) is 47.2 Å². The predicted octanol–water partition coefficient (Wildman–Crippen LogP) is 5.98. The fourth-order valence-corrected chi connectivity index (χ4v) is 4.80. The van der Waals surface area contributed by atoms with Crippen molar-refractivity contribution in [3.05, 3.63) is 72.1 Å². The summed E-state index contributed by atoms with van der Waals surface area (Å²) >= 11 is 1.75. The Hall–Kier alpha value is -3.32. The second-order valence-corrected chi connectivity index (χ2v) is 9.93. The van der Waals surface area contributed by atoms with Crippen molar-refractivity contribution in [1.82, 2.24) is 14.5 Å². The molecule has 1 amide bonds. The molecule has 2 aromatic heterocycles. The molecule has 1 aliphatic heterocycles. The largest absolute Gasteiger partial charge is 0.444 e. The molecule has 3 heterocycles. The topological polar surface area (TPSA) is 50.6 Å². The summed E-state index contributed by atoms with van der Waals surface area (Å²) < 4.78 is 8.94. The molecule has 164 valence electrons. The van der Waals surface area contributed by atoms with Gasteiger partial charge in [0.05, 0.1) is 12.9 Å². The van der Waals surface area contributed by atoms with Crippen LogP contribution in [0, 0.1) is 0 Å². The van der Waals surface area contributed by atoms with Crippen LogP contribution < -0.4 is 4.90 Å². The van der Waals surface area contributed by atoms with Gasteiger partial charge in [0.1, 0.15) is 5.60 Å². The zero-order valence-corrected chi connectivity index (χ0v) is 19.3. The van der Waals surface area contributed by atoms with Gasteiger partial charge in [-0.1, -0.05) is 0 Å². The van der Waals surface area contributed by atoms with Gasteiger partial charge in [-0.2, -0.15) is 0 Å². The Bertz CT molecular complexity index is 1260. The third-order valence-electron chi connectivity index (χ3n) is 5.51. The Balaban J connectivity index is 1.56. The van der Waals surface area contributed by atoms with E-state index in [2.05, 4.69) is 57.7 Å². The third kappa shape index (κ3) is 4.08. The molecular weight excluding hydrogens is 420 g/mol. The van der Waals surface area contributed by atoms with E-state index >= 15 is 0 Å². The molecule has 0 saturated heterocycles. The fourth-order valence-electron chi connectivity index (χ4n) is 4.03. The number of imidazole rings is 1. The maximum atomic E-state index is 12.9. The van der Waals surface area contributed by atoms with Crippen LogP contribution in [0.3, 0.4) is 0 Å². The summed E-state index contributed by atoms with van der Waals surface area (Å²) in [5.41, 5.74) is 3.78. The van der Waals surface area contributed by atoms with Crippen LogP contribution in [0.5, 0.6) is 0 Å². The molecule has 0 atom stereocenters. The van der Waals surface area contributed by atoms with Crippen LogP contribution in [0.25, 0.3) is 15.8 Å². The second kappa shape index (κ2) is 7.98. The van der Waals surface area contributed by atoms with Crippen LogP contribution in [0.4, 0.5) is 16.2 Å². The number of benzene rings is 2. The summed E-state index contributed by atoms with van der Waals surface area (Å²) in [7, 11) is 0. The first-order valence-electron chi connectivity index (χ1n) is 10.7. The van der Waals surface area contributed by atoms with Crippen LogP contribution in [-0.4, -0.2) is 39.2 Å². The standard InChI is InChI=1S/C25H26N4O2S/c1-25(2,3)31-24(30)27-11-12-29(21-5-7-23-18(14-21)8-13-32-23)22-6-4-20(15-19(22)16-27)28-10-9-26-17-28/h4-10,13-15,17H,11-12,16H2,1-3H3. The highest BCUT2D eigenvalue weighted by molar-refractivity contribution is 7.17. The van der Waals surface area contributed by atoms with Crippen LogP contribution >= 0.6 is 11.3 Å². The van der Waals surface area contributed by atoms with Gasteiger partial charge in [0.25, 0.3) is 0 Å². The summed E-state index contributed by atoms with van der Waals surface area (Å²) in [4.78, 5) is 21.2. The molecule has 5 rings (SSSR count). The van der Waals surface area contributed by atoms with Gasteiger partial charge in [0.2, 0.25) is 0 Å². The lowest BCUT2D eigenvalue weighted by Gasteiger charge is -2.27. The van der Waals surface area contributed by atoms with E-state index in [0.717, 1.165) is 22.6 Å². The Morgan fingerprint density at radius 1 is 1.06 bits per heavy atom. The number of carbonyl (C=O) groups is 1. The minimum absolute atomic E-state index is 0.286. The summed E-state index contributed by atoms with van der Waals surface area (Å²) in [5, 5.41) is 3.35. The van der Waals surface area contributed by atoms with Crippen molar-refractivity contribution in [3.63, 3.8) is 0 Å². The first-order valence-corrected chi connectivity index (χ1v) is 11.6. The van der Waals surface area contributed by atoms with Gasteiger partial charge < -0.3 is 19.1 Å². The van der Waals surface area contributed by atoms with E-state index in [1.54, 1.807) is 28.8 Å². The lowest BCUT2D eigenvalue weighted by molar-refractivity contribution is 0.0244. The lowest BCUT2D eigenvalue weighted by atomic mass is 10.1. The first kappa shape index (κ1) is 20.6. The molecule has 0 fully saturated rings. The summed E-state index contributed by atoms with van der Waals surface area (Å²) in [5.74, 6) is 0. The average molecular weight is 447 g/mol. The SMILES string of the molecule is CC(C)(C)OC(=O)N1CCN(c2ccc3sccc3c2)c2ccc(-n3ccnc3)cc2C1. The maximum Gasteiger partial charge on any atom is 0.410 e. The number of rotatable bonds is 2. The number of hydrogen-bond donors (Lipinski definition) is 0. The molecule has 0 N–H and O–H groups in total. The van der Waals surface area contributed by atoms with E-state index in [9.17, 15) is 4.79 Å². The van der Waals surface area contributed by atoms with Crippen molar-refractivity contribution < 1.29 is 9.53 Å². The van der Waals surface area contributed by atoms with Gasteiger partial charge in [-0.15, -0.1) is 11.3 Å². The second-order valence-electron chi connectivity index (χ2n) is 8.98. The summed E-state index contributed by atoms with van der Waals surface area (Å²) in [6.45, 7) is 7.45. The molecule has 0 spiro atoms. The highest BCUT2D eigenvalue weighted by Crippen LogP contribution is 2.35. The number of hydrogen-bond acceptors (Lipinski definition) is 5. The molecule has 6 nitrogen and oxygen atoms in total. The number of anilines is 2. The maximum absolute atomic E-state index is 12.9. The van der Waals surface area contributed by atoms with Crippen molar-refractivity contribution in [3.8, 4) is 5.69 Å². The number of nitrogens with zero attached hydrogens (tertiary/aromatic N) is 4. The van der Waals surface area contributed by atoms with Crippen LogP contribution in [-0.2, 0) is 11.3 Å². The van der Waals surface area contributed by atoms with E-state index in [1.165, 1.54) is 10.1 Å². The van der Waals surface area contributed by atoms with Crippen molar-refractivity contribution in [2.45, 2.75) is 32.9 Å². The predicted molar refractivity (Wildman–Crippen MR) is 129 cm³/mol. The van der Waals surface area contributed by atoms with Crippen LogP contribution in [0.15, 0.2) is 66.6 Å². The molecule has 0 bridgehead atoms. The number of aromatic nitrogens is 2. The molecule has 0 unspecified atom stereocenters. The number of ether oxygens (including phenoxy) is 1. The van der Waals surface area contributed by atoms with Crippen LogP contribution in [0.1, 0.15) is 26.3 Å². The molecule has 0 saturated carbocycles. The molecule has 7 heteroatoms. The summed E-state index contributed by atoms with van der Waals surface area (Å²) in [6, 6.07) is 15.1. The van der Waals surface area contributed by atoms with Gasteiger partial charge in [-0.25, -0.2) is 9.78 Å². The Morgan fingerprint density at radius 3 is 2.69 bits per heavy atom. The first-order chi connectivity index (χ1) is 15.4. The number of thiophene rings is 1. The summed E-state index contributed by atoms with van der Waals surface area (Å²) in [6.07, 6.45) is 5.19. The van der Waals surface area contributed by atoms with Gasteiger partial charge >= 0.3 is 6.09 Å². The van der Waals surface area contributed by atoms with Gasteiger partial charge in [0.15, 0.2) is 0 Å². The molecule has 1 aliphatic rings. The average Bonchev–Trinajstić information content (AvgIpc) is 3.40. The highest BCUT2D eigenvalue weighted by Gasteiger charge is 2.28. The molecule has 32 heavy (non-hydrogen) atoms. The van der Waals surface area contributed by atoms with E-state index in [1.807, 2.05) is 31.5 Å². The number of amides is 1. The van der Waals surface area contributed by atoms with Crippen molar-refractivity contribution in [2.75, 3.05) is 18.0 Å². The van der Waals surface area contributed by atoms with E-state index < -0.39 is 5.60 Å². The lowest BCUT2D eigenvalue weighted by Crippen LogP contribution is -2.38. The molecule has 0 aliphatic carbocycles. The van der Waals surface area contributed by atoms with E-state index in [-0.39, 0.29) is 6.09 Å². The van der Waals surface area contributed by atoms with Crippen molar-refractivity contribution in [2.24, 2.45) is 0 Å². The van der Waals surface area contributed by atoms with Gasteiger partial charge in [-0.05, 0) is 79.6 Å². The van der Waals surface area contributed by atoms with E-state index in [0.29, 0.717) is 19.6 Å². The van der Waals surface area contributed by atoms with Crippen molar-refractivity contribution in [1.29, 1.82) is 0 Å². The minimum Gasteiger partial charge on any atom is -0.444 e. The quantitative estimate of drug-likeness (QED) is 0.380. The molecule has 0 radical (unpaired) electrons. The molecule has 2 aromatic carbocycles. The molecular formula is C25H26N4O2S. The number of fused-ring (bicyclic) bond motifs is 2. The van der Waals surface area contributed by atoms with Crippen LogP contribution in [0.2, 0.25) is 0 Å². The zero-order valence-electron chi connectivity index (χ0n) is 18.5. The normalized spacial score (nSPS) is 14.3. The minimum atomic E-state index is -0.533. The smallest absolute Gasteiger partial charge is 0.410 e. The highest BCUT2D eigenvalue weighted by atomic mass is 32.1. The molecule has 4 aromatic rings. The fraction of sp³-hybridized carbons (Fsp3) is 0.280. The number of carbonyl (C=O) groups excluding carboxylic acids is 1. The van der Waals surface area contributed by atoms with Crippen molar-refractivity contribution >= 4 is 38.9 Å². The Labute approximate surface area is 191 Å².